The van der Waals surface area contributed by atoms with Crippen molar-refractivity contribution < 1.29 is 9.53 Å². The molecule has 0 bridgehead atoms. The largest absolute Gasteiger partial charge is 0.381 e. The van der Waals surface area contributed by atoms with Crippen molar-refractivity contribution in [2.24, 2.45) is 10.9 Å². The molecule has 146 valence electrons. The van der Waals surface area contributed by atoms with E-state index in [0.29, 0.717) is 25.0 Å². The van der Waals surface area contributed by atoms with E-state index in [2.05, 4.69) is 45.4 Å². The number of carbonyl (C=O) groups is 1. The number of rotatable bonds is 10. The molecule has 0 aliphatic heterocycles. The summed E-state index contributed by atoms with van der Waals surface area (Å²) in [4.78, 5) is 17.9. The third-order valence-electron chi connectivity index (χ3n) is 3.45. The average molecular weight is 427 g/mol. The van der Waals surface area contributed by atoms with E-state index < -0.39 is 0 Å². The maximum atomic E-state index is 11.8. The maximum Gasteiger partial charge on any atom is 0.241 e. The van der Waals surface area contributed by atoms with Gasteiger partial charge in [0.25, 0.3) is 0 Å². The number of nitrogens with zero attached hydrogens (tertiary/aromatic N) is 2. The standard InChI is InChI=1S/C19H31BrN4O2/c1-15(2)14-26-11-5-10-21-19(23-13-18(25)24(3)4)22-12-16-6-8-17(20)9-7-16/h6-9,15H,5,10-14H2,1-4H3,(H2,21,22,23). The van der Waals surface area contributed by atoms with Crippen LogP contribution in [0, 0.1) is 5.92 Å². The van der Waals surface area contributed by atoms with Gasteiger partial charge in [-0.15, -0.1) is 0 Å². The summed E-state index contributed by atoms with van der Waals surface area (Å²) in [6.07, 6.45) is 0.882. The summed E-state index contributed by atoms with van der Waals surface area (Å²) < 4.78 is 6.62. The molecule has 0 atom stereocenters. The quantitative estimate of drug-likeness (QED) is 0.342. The fourth-order valence-electron chi connectivity index (χ4n) is 1.95. The SMILES string of the molecule is CC(C)COCCCNC(=NCc1ccc(Br)cc1)NCC(=O)N(C)C. The van der Waals surface area contributed by atoms with Crippen molar-refractivity contribution >= 4 is 27.8 Å². The number of nitrogens with one attached hydrogen (secondary N) is 2. The van der Waals surface area contributed by atoms with Crippen molar-refractivity contribution in [3.05, 3.63) is 34.3 Å². The highest BCUT2D eigenvalue weighted by Gasteiger charge is 2.06. The van der Waals surface area contributed by atoms with Crippen LogP contribution in [-0.4, -0.2) is 57.2 Å². The highest BCUT2D eigenvalue weighted by molar-refractivity contribution is 9.10. The molecule has 0 unspecified atom stereocenters. The summed E-state index contributed by atoms with van der Waals surface area (Å²) in [7, 11) is 3.48. The summed E-state index contributed by atoms with van der Waals surface area (Å²) in [5.74, 6) is 1.18. The Morgan fingerprint density at radius 1 is 1.23 bits per heavy atom. The van der Waals surface area contributed by atoms with Crippen LogP contribution in [0.25, 0.3) is 0 Å². The Morgan fingerprint density at radius 3 is 2.54 bits per heavy atom. The number of benzene rings is 1. The summed E-state index contributed by atoms with van der Waals surface area (Å²) in [5.41, 5.74) is 1.11. The van der Waals surface area contributed by atoms with Gasteiger partial charge in [0, 0.05) is 38.3 Å². The van der Waals surface area contributed by atoms with Gasteiger partial charge in [-0.3, -0.25) is 4.79 Å². The normalized spacial score (nSPS) is 11.5. The van der Waals surface area contributed by atoms with Gasteiger partial charge in [-0.1, -0.05) is 41.9 Å². The Hall–Kier alpha value is -1.60. The van der Waals surface area contributed by atoms with E-state index in [-0.39, 0.29) is 12.5 Å². The molecular weight excluding hydrogens is 396 g/mol. The minimum atomic E-state index is 0.00316. The number of amides is 1. The van der Waals surface area contributed by atoms with E-state index in [1.165, 1.54) is 0 Å². The number of guanidine groups is 1. The zero-order chi connectivity index (χ0) is 19.4. The lowest BCUT2D eigenvalue weighted by atomic mass is 10.2. The van der Waals surface area contributed by atoms with Gasteiger partial charge in [0.05, 0.1) is 13.1 Å². The summed E-state index contributed by atoms with van der Waals surface area (Å²) in [6, 6.07) is 8.03. The predicted molar refractivity (Wildman–Crippen MR) is 110 cm³/mol. The molecule has 0 aliphatic carbocycles. The van der Waals surface area contributed by atoms with Crippen molar-refractivity contribution in [3.63, 3.8) is 0 Å². The van der Waals surface area contributed by atoms with Gasteiger partial charge < -0.3 is 20.3 Å². The second kappa shape index (κ2) is 12.7. The Kier molecular flexibility index (Phi) is 11.0. The fourth-order valence-corrected chi connectivity index (χ4v) is 2.22. The maximum absolute atomic E-state index is 11.8. The van der Waals surface area contributed by atoms with Crippen LogP contribution in [0.3, 0.4) is 0 Å². The van der Waals surface area contributed by atoms with Gasteiger partial charge in [-0.05, 0) is 30.0 Å². The number of halogens is 1. The molecule has 0 aromatic heterocycles. The smallest absolute Gasteiger partial charge is 0.241 e. The van der Waals surface area contributed by atoms with E-state index in [1.807, 2.05) is 24.3 Å². The van der Waals surface area contributed by atoms with Crippen LogP contribution in [-0.2, 0) is 16.1 Å². The van der Waals surface area contributed by atoms with Crippen LogP contribution in [0.2, 0.25) is 0 Å². The van der Waals surface area contributed by atoms with Crippen LogP contribution in [0.15, 0.2) is 33.7 Å². The second-order valence-electron chi connectivity index (χ2n) is 6.68. The van der Waals surface area contributed by atoms with Crippen LogP contribution in [0.5, 0.6) is 0 Å². The molecule has 26 heavy (non-hydrogen) atoms. The molecule has 0 spiro atoms. The van der Waals surface area contributed by atoms with E-state index in [9.17, 15) is 4.79 Å². The van der Waals surface area contributed by atoms with Crippen LogP contribution >= 0.6 is 15.9 Å². The minimum Gasteiger partial charge on any atom is -0.381 e. The van der Waals surface area contributed by atoms with Crippen LogP contribution in [0.4, 0.5) is 0 Å². The first-order valence-electron chi connectivity index (χ1n) is 8.93. The van der Waals surface area contributed by atoms with Crippen LogP contribution in [0.1, 0.15) is 25.8 Å². The summed E-state index contributed by atoms with van der Waals surface area (Å²) >= 11 is 3.43. The average Bonchev–Trinajstić information content (AvgIpc) is 2.60. The van der Waals surface area contributed by atoms with Crippen molar-refractivity contribution in [1.29, 1.82) is 0 Å². The molecule has 0 saturated heterocycles. The van der Waals surface area contributed by atoms with E-state index in [1.54, 1.807) is 19.0 Å². The van der Waals surface area contributed by atoms with Crippen molar-refractivity contribution in [1.82, 2.24) is 15.5 Å². The van der Waals surface area contributed by atoms with Gasteiger partial charge in [0.1, 0.15) is 0 Å². The molecule has 0 heterocycles. The van der Waals surface area contributed by atoms with Crippen molar-refractivity contribution in [3.8, 4) is 0 Å². The first-order valence-corrected chi connectivity index (χ1v) is 9.72. The molecule has 1 aromatic carbocycles. The Balaban J connectivity index is 2.50. The van der Waals surface area contributed by atoms with Gasteiger partial charge in [0.15, 0.2) is 5.96 Å². The lowest BCUT2D eigenvalue weighted by Crippen LogP contribution is -2.43. The third-order valence-corrected chi connectivity index (χ3v) is 3.98. The first kappa shape index (κ1) is 22.4. The molecule has 2 N–H and O–H groups in total. The molecule has 7 heteroatoms. The Labute approximate surface area is 165 Å². The van der Waals surface area contributed by atoms with E-state index in [4.69, 9.17) is 4.74 Å². The van der Waals surface area contributed by atoms with Gasteiger partial charge in [-0.25, -0.2) is 4.99 Å². The number of ether oxygens (including phenoxy) is 1. The van der Waals surface area contributed by atoms with Gasteiger partial charge >= 0.3 is 0 Å². The first-order chi connectivity index (χ1) is 12.4. The summed E-state index contributed by atoms with van der Waals surface area (Å²) in [5, 5.41) is 6.35. The third kappa shape index (κ3) is 10.4. The number of aliphatic imine (C=N–C) groups is 1. The zero-order valence-corrected chi connectivity index (χ0v) is 17.8. The zero-order valence-electron chi connectivity index (χ0n) is 16.2. The Bertz CT molecular complexity index is 559. The number of hydrogen-bond acceptors (Lipinski definition) is 3. The number of hydrogen-bond donors (Lipinski definition) is 2. The summed E-state index contributed by atoms with van der Waals surface area (Å²) in [6.45, 7) is 7.25. The van der Waals surface area contributed by atoms with E-state index >= 15 is 0 Å². The molecular formula is C19H31BrN4O2. The topological polar surface area (TPSA) is 66.0 Å². The molecule has 0 aliphatic rings. The number of likely N-dealkylation sites (N-methyl/N-ethyl adjacent to an activating group) is 1. The highest BCUT2D eigenvalue weighted by Crippen LogP contribution is 2.11. The molecule has 6 nitrogen and oxygen atoms in total. The number of carbonyl (C=O) groups excluding carboxylic acids is 1. The Morgan fingerprint density at radius 2 is 1.92 bits per heavy atom. The lowest BCUT2D eigenvalue weighted by Gasteiger charge is -2.15. The fraction of sp³-hybridized carbons (Fsp3) is 0.579. The van der Waals surface area contributed by atoms with Gasteiger partial charge in [0.2, 0.25) is 5.91 Å². The molecule has 0 radical (unpaired) electrons. The van der Waals surface area contributed by atoms with Crippen LogP contribution < -0.4 is 10.6 Å². The molecule has 1 aromatic rings. The lowest BCUT2D eigenvalue weighted by molar-refractivity contribution is -0.127. The molecule has 1 amide bonds. The molecule has 1 rings (SSSR count). The molecule has 0 saturated carbocycles. The monoisotopic (exact) mass is 426 g/mol. The van der Waals surface area contributed by atoms with Crippen molar-refractivity contribution in [2.45, 2.75) is 26.8 Å². The highest BCUT2D eigenvalue weighted by atomic mass is 79.9. The van der Waals surface area contributed by atoms with E-state index in [0.717, 1.165) is 29.6 Å². The van der Waals surface area contributed by atoms with Gasteiger partial charge in [-0.2, -0.15) is 0 Å². The minimum absolute atomic E-state index is 0.00316. The predicted octanol–water partition coefficient (Wildman–Crippen LogP) is 2.64. The molecule has 0 fully saturated rings. The van der Waals surface area contributed by atoms with Crippen molar-refractivity contribution in [2.75, 3.05) is 40.4 Å². The second-order valence-corrected chi connectivity index (χ2v) is 7.60.